The van der Waals surface area contributed by atoms with Gasteiger partial charge in [0.25, 0.3) is 0 Å². The summed E-state index contributed by atoms with van der Waals surface area (Å²) in [4.78, 5) is 29.2. The molecule has 0 radical (unpaired) electrons. The lowest BCUT2D eigenvalue weighted by molar-refractivity contribution is -0.139. The maximum Gasteiger partial charge on any atom is 0.326 e. The Morgan fingerprint density at radius 1 is 0.976 bits per heavy atom. The average molecular weight is 569 g/mol. The van der Waals surface area contributed by atoms with Gasteiger partial charge in [-0.15, -0.1) is 0 Å². The van der Waals surface area contributed by atoms with E-state index in [0.29, 0.717) is 41.7 Å². The topological polar surface area (TPSA) is 111 Å². The molecule has 218 valence electrons. The number of carboxylic acids is 1. The summed E-state index contributed by atoms with van der Waals surface area (Å²) in [7, 11) is 0. The maximum atomic E-state index is 12.7. The van der Waals surface area contributed by atoms with E-state index in [0.717, 1.165) is 22.6 Å². The van der Waals surface area contributed by atoms with Crippen LogP contribution >= 0.6 is 0 Å². The first-order valence-electron chi connectivity index (χ1n) is 13.9. The van der Waals surface area contributed by atoms with Crippen molar-refractivity contribution in [3.63, 3.8) is 0 Å². The highest BCUT2D eigenvalue weighted by Gasteiger charge is 2.18. The van der Waals surface area contributed by atoms with Crippen LogP contribution in [-0.4, -0.2) is 40.6 Å². The smallest absolute Gasteiger partial charge is 0.326 e. The van der Waals surface area contributed by atoms with Crippen LogP contribution in [0.4, 0.5) is 0 Å². The number of ether oxygens (including phenoxy) is 2. The lowest BCUT2D eigenvalue weighted by atomic mass is 10.0. The summed E-state index contributed by atoms with van der Waals surface area (Å²) in [6.45, 7) is 7.86. The van der Waals surface area contributed by atoms with Crippen LogP contribution in [0.3, 0.4) is 0 Å². The third-order valence-electron chi connectivity index (χ3n) is 6.44. The predicted molar refractivity (Wildman–Crippen MR) is 161 cm³/mol. The summed E-state index contributed by atoms with van der Waals surface area (Å²) in [5.41, 5.74) is 3.55. The highest BCUT2D eigenvalue weighted by molar-refractivity contribution is 6.04. The SMILES string of the molecule is C/C(=C/C(=O)c1ccc(OC(C)C)cc1)N[C@@H](Cc1ccc(OCCc2nc(-c3ccccc3)oc2C)cc1)C(=O)O. The monoisotopic (exact) mass is 568 g/mol. The van der Waals surface area contributed by atoms with Crippen molar-refractivity contribution >= 4 is 11.8 Å². The van der Waals surface area contributed by atoms with Gasteiger partial charge in [-0.25, -0.2) is 9.78 Å². The minimum absolute atomic E-state index is 0.0401. The summed E-state index contributed by atoms with van der Waals surface area (Å²) in [5.74, 6) is 1.48. The van der Waals surface area contributed by atoms with Crippen molar-refractivity contribution in [2.45, 2.75) is 52.7 Å². The fraction of sp³-hybridized carbons (Fsp3) is 0.265. The summed E-state index contributed by atoms with van der Waals surface area (Å²) >= 11 is 0. The molecule has 8 nitrogen and oxygen atoms in total. The van der Waals surface area contributed by atoms with Crippen molar-refractivity contribution < 1.29 is 28.6 Å². The van der Waals surface area contributed by atoms with Gasteiger partial charge in [0.05, 0.1) is 18.4 Å². The van der Waals surface area contributed by atoms with Crippen molar-refractivity contribution in [1.82, 2.24) is 10.3 Å². The second kappa shape index (κ2) is 14.2. The molecule has 0 saturated heterocycles. The van der Waals surface area contributed by atoms with Gasteiger partial charge < -0.3 is 24.3 Å². The number of nitrogens with zero attached hydrogens (tertiary/aromatic N) is 1. The van der Waals surface area contributed by atoms with E-state index in [1.165, 1.54) is 6.08 Å². The number of carbonyl (C=O) groups is 2. The van der Waals surface area contributed by atoms with Crippen molar-refractivity contribution in [2.24, 2.45) is 0 Å². The zero-order chi connectivity index (χ0) is 30.1. The predicted octanol–water partition coefficient (Wildman–Crippen LogP) is 6.43. The van der Waals surface area contributed by atoms with E-state index in [9.17, 15) is 14.7 Å². The standard InChI is InChI=1S/C34H36N2O6/c1-22(2)41-29-16-12-26(13-17-29)32(37)20-23(3)35-31(34(38)39)21-25-10-14-28(15-11-25)40-19-18-30-24(4)42-33(36-30)27-8-6-5-7-9-27/h5-17,20,22,31,35H,18-19,21H2,1-4H3,(H,38,39)/b23-20-/t31-/m0/s1. The molecule has 0 aliphatic carbocycles. The number of aliphatic carboxylic acids is 1. The maximum absolute atomic E-state index is 12.7. The molecule has 0 saturated carbocycles. The molecule has 1 heterocycles. The van der Waals surface area contributed by atoms with E-state index < -0.39 is 12.0 Å². The number of rotatable bonds is 14. The lowest BCUT2D eigenvalue weighted by Crippen LogP contribution is -2.37. The van der Waals surface area contributed by atoms with Crippen molar-refractivity contribution in [3.05, 3.63) is 113 Å². The Kier molecular flexibility index (Phi) is 10.2. The summed E-state index contributed by atoms with van der Waals surface area (Å²) in [5, 5.41) is 12.7. The third-order valence-corrected chi connectivity index (χ3v) is 6.44. The number of carbonyl (C=O) groups excluding carboxylic acids is 1. The van der Waals surface area contributed by atoms with Crippen LogP contribution in [0.5, 0.6) is 11.5 Å². The molecule has 0 fully saturated rings. The molecule has 0 aliphatic rings. The molecular weight excluding hydrogens is 532 g/mol. The van der Waals surface area contributed by atoms with Gasteiger partial charge in [0.1, 0.15) is 23.3 Å². The number of hydrogen-bond donors (Lipinski definition) is 2. The lowest BCUT2D eigenvalue weighted by Gasteiger charge is -2.16. The number of ketones is 1. The first-order valence-corrected chi connectivity index (χ1v) is 13.9. The molecule has 0 spiro atoms. The second-order valence-corrected chi connectivity index (χ2v) is 10.3. The molecule has 1 atom stereocenters. The summed E-state index contributed by atoms with van der Waals surface area (Å²) < 4.78 is 17.3. The molecule has 1 aromatic heterocycles. The van der Waals surface area contributed by atoms with Gasteiger partial charge in [0.2, 0.25) is 5.89 Å². The van der Waals surface area contributed by atoms with Crippen molar-refractivity contribution in [1.29, 1.82) is 0 Å². The van der Waals surface area contributed by atoms with Crippen LogP contribution in [0.25, 0.3) is 11.5 Å². The van der Waals surface area contributed by atoms with Crippen LogP contribution in [0.1, 0.15) is 48.1 Å². The van der Waals surface area contributed by atoms with E-state index in [1.54, 1.807) is 31.2 Å². The minimum Gasteiger partial charge on any atom is -0.493 e. The number of allylic oxidation sites excluding steroid dienone is 2. The normalized spacial score (nSPS) is 12.2. The van der Waals surface area contributed by atoms with Gasteiger partial charge >= 0.3 is 5.97 Å². The van der Waals surface area contributed by atoms with Crippen LogP contribution in [-0.2, 0) is 17.6 Å². The van der Waals surface area contributed by atoms with Gasteiger partial charge in [0.15, 0.2) is 5.78 Å². The summed E-state index contributed by atoms with van der Waals surface area (Å²) in [6, 6.07) is 23.0. The Balaban J connectivity index is 1.29. The molecular formula is C34H36N2O6. The highest BCUT2D eigenvalue weighted by atomic mass is 16.5. The third kappa shape index (κ3) is 8.57. The fourth-order valence-electron chi connectivity index (χ4n) is 4.35. The van der Waals surface area contributed by atoms with Gasteiger partial charge in [0, 0.05) is 35.7 Å². The number of aromatic nitrogens is 1. The molecule has 8 heteroatoms. The quantitative estimate of drug-likeness (QED) is 0.132. The minimum atomic E-state index is -1.01. The number of nitrogens with one attached hydrogen (secondary N) is 1. The van der Waals surface area contributed by atoms with Gasteiger partial charge in [-0.05, 0) is 81.8 Å². The van der Waals surface area contributed by atoms with E-state index in [4.69, 9.17) is 13.9 Å². The number of benzene rings is 3. The van der Waals surface area contributed by atoms with Gasteiger partial charge in [-0.3, -0.25) is 4.79 Å². The molecule has 0 unspecified atom stereocenters. The Morgan fingerprint density at radius 2 is 1.64 bits per heavy atom. The van der Waals surface area contributed by atoms with Gasteiger partial charge in [-0.1, -0.05) is 30.3 Å². The van der Waals surface area contributed by atoms with E-state index in [-0.39, 0.29) is 18.3 Å². The molecule has 3 aromatic carbocycles. The molecule has 4 rings (SSSR count). The molecule has 4 aromatic rings. The summed E-state index contributed by atoms with van der Waals surface area (Å²) in [6.07, 6.45) is 2.27. The Labute approximate surface area is 246 Å². The van der Waals surface area contributed by atoms with E-state index in [2.05, 4.69) is 10.3 Å². The molecule has 42 heavy (non-hydrogen) atoms. The molecule has 0 amide bonds. The number of aryl methyl sites for hydroxylation is 1. The van der Waals surface area contributed by atoms with Crippen LogP contribution < -0.4 is 14.8 Å². The van der Waals surface area contributed by atoms with E-state index >= 15 is 0 Å². The van der Waals surface area contributed by atoms with Crippen molar-refractivity contribution in [3.8, 4) is 23.0 Å². The fourth-order valence-corrected chi connectivity index (χ4v) is 4.35. The molecule has 2 N–H and O–H groups in total. The van der Waals surface area contributed by atoms with Crippen molar-refractivity contribution in [2.75, 3.05) is 6.61 Å². The van der Waals surface area contributed by atoms with E-state index in [1.807, 2.05) is 75.4 Å². The van der Waals surface area contributed by atoms with Crippen LogP contribution in [0.15, 0.2) is 95.1 Å². The molecule has 0 aliphatic heterocycles. The first kappa shape index (κ1) is 30.1. The number of carboxylic acid groups (broad SMARTS) is 1. The Hall–Kier alpha value is -4.85. The Morgan fingerprint density at radius 3 is 2.29 bits per heavy atom. The highest BCUT2D eigenvalue weighted by Crippen LogP contribution is 2.22. The number of oxazole rings is 1. The zero-order valence-electron chi connectivity index (χ0n) is 24.3. The molecule has 0 bridgehead atoms. The average Bonchev–Trinajstić information content (AvgIpc) is 3.34. The van der Waals surface area contributed by atoms with Gasteiger partial charge in [-0.2, -0.15) is 0 Å². The Bertz CT molecular complexity index is 1510. The van der Waals surface area contributed by atoms with Crippen LogP contribution in [0.2, 0.25) is 0 Å². The number of hydrogen-bond acceptors (Lipinski definition) is 7. The zero-order valence-corrected chi connectivity index (χ0v) is 24.3. The van der Waals surface area contributed by atoms with Crippen LogP contribution in [0, 0.1) is 6.92 Å². The second-order valence-electron chi connectivity index (χ2n) is 10.3. The first-order chi connectivity index (χ1) is 20.2. The largest absolute Gasteiger partial charge is 0.493 e.